The minimum atomic E-state index is -0.649. The first-order chi connectivity index (χ1) is 13.9. The van der Waals surface area contributed by atoms with E-state index >= 15 is 0 Å². The second-order valence-corrected chi connectivity index (χ2v) is 8.26. The molecule has 0 radical (unpaired) electrons. The third-order valence-electron chi connectivity index (χ3n) is 6.38. The minimum absolute atomic E-state index is 0.177. The summed E-state index contributed by atoms with van der Waals surface area (Å²) in [5.41, 5.74) is 4.94. The van der Waals surface area contributed by atoms with Crippen molar-refractivity contribution in [1.29, 1.82) is 0 Å². The molecule has 2 aromatic carbocycles. The van der Waals surface area contributed by atoms with Crippen molar-refractivity contribution in [2.45, 2.75) is 58.1 Å². The Bertz CT molecular complexity index is 954. The molecule has 4 nitrogen and oxygen atoms in total. The Hall–Kier alpha value is -2.59. The van der Waals surface area contributed by atoms with Gasteiger partial charge in [-0.2, -0.15) is 0 Å². The number of nitrogens with one attached hydrogen (secondary N) is 1. The van der Waals surface area contributed by atoms with Gasteiger partial charge in [0.05, 0.1) is 17.2 Å². The molecule has 1 heterocycles. The number of benzene rings is 2. The Balaban J connectivity index is 1.74. The summed E-state index contributed by atoms with van der Waals surface area (Å²) in [7, 11) is 0. The van der Waals surface area contributed by atoms with Gasteiger partial charge in [-0.05, 0) is 80.3 Å². The van der Waals surface area contributed by atoms with Crippen LogP contribution in [0.15, 0.2) is 48.2 Å². The molecule has 2 N–H and O–H groups in total. The van der Waals surface area contributed by atoms with Gasteiger partial charge in [-0.1, -0.05) is 36.4 Å². The van der Waals surface area contributed by atoms with Crippen LogP contribution in [0.5, 0.6) is 0 Å². The molecule has 1 spiro atoms. The number of hydrogen-bond acceptors (Lipinski definition) is 3. The monoisotopic (exact) mass is 391 g/mol. The fourth-order valence-corrected chi connectivity index (χ4v) is 4.83. The second-order valence-electron chi connectivity index (χ2n) is 8.26. The van der Waals surface area contributed by atoms with Gasteiger partial charge in [0, 0.05) is 6.61 Å². The van der Waals surface area contributed by atoms with Crippen LogP contribution in [0, 0.1) is 13.8 Å². The highest BCUT2D eigenvalue weighted by Crippen LogP contribution is 2.43. The molecule has 4 heteroatoms. The molecule has 4 rings (SSSR count). The van der Waals surface area contributed by atoms with Crippen molar-refractivity contribution < 1.29 is 14.6 Å². The zero-order valence-electron chi connectivity index (χ0n) is 17.4. The molecular weight excluding hydrogens is 362 g/mol. The van der Waals surface area contributed by atoms with Gasteiger partial charge in [-0.25, -0.2) is 0 Å². The maximum absolute atomic E-state index is 13.0. The van der Waals surface area contributed by atoms with E-state index in [0.29, 0.717) is 25.0 Å². The van der Waals surface area contributed by atoms with Gasteiger partial charge in [-0.3, -0.25) is 4.79 Å². The molecule has 0 saturated heterocycles. The summed E-state index contributed by atoms with van der Waals surface area (Å²) in [5, 5.41) is 14.3. The normalized spacial score (nSPS) is 24.2. The zero-order chi connectivity index (χ0) is 20.6. The van der Waals surface area contributed by atoms with Gasteiger partial charge >= 0.3 is 0 Å². The number of hydrogen-bond donors (Lipinski definition) is 2. The van der Waals surface area contributed by atoms with E-state index in [0.717, 1.165) is 40.7 Å². The van der Waals surface area contributed by atoms with Crippen LogP contribution >= 0.6 is 0 Å². The van der Waals surface area contributed by atoms with E-state index in [9.17, 15) is 9.90 Å². The molecule has 29 heavy (non-hydrogen) atoms. The van der Waals surface area contributed by atoms with E-state index in [2.05, 4.69) is 36.5 Å². The molecule has 1 amide bonds. The number of rotatable bonds is 4. The highest BCUT2D eigenvalue weighted by atomic mass is 16.5. The van der Waals surface area contributed by atoms with Gasteiger partial charge < -0.3 is 15.2 Å². The van der Waals surface area contributed by atoms with Crippen molar-refractivity contribution in [1.82, 2.24) is 5.32 Å². The average Bonchev–Trinajstić information content (AvgIpc) is 2.95. The number of aliphatic hydroxyl groups is 1. The third-order valence-corrected chi connectivity index (χ3v) is 6.38. The molecule has 2 aliphatic rings. The lowest BCUT2D eigenvalue weighted by Gasteiger charge is -2.37. The summed E-state index contributed by atoms with van der Waals surface area (Å²) in [4.78, 5) is 13.0. The summed E-state index contributed by atoms with van der Waals surface area (Å²) in [6.07, 6.45) is 3.30. The number of ether oxygens (including phenoxy) is 1. The van der Waals surface area contributed by atoms with Crippen molar-refractivity contribution in [2.75, 3.05) is 6.61 Å². The standard InChI is InChI=1S/C25H29NO3/c1-4-29-19-10-12-25(13-11-19)23(27)22(24(28)26-25)21-15-20(16(2)14-17(21)3)18-8-6-5-7-9-18/h5-9,14-15,19,27H,4,10-13H2,1-3H3,(H,26,28). The van der Waals surface area contributed by atoms with E-state index < -0.39 is 5.54 Å². The van der Waals surface area contributed by atoms with Gasteiger partial charge in [0.2, 0.25) is 0 Å². The van der Waals surface area contributed by atoms with Crippen molar-refractivity contribution >= 4 is 11.5 Å². The molecule has 1 fully saturated rings. The number of carbonyl (C=O) groups excluding carboxylic acids is 1. The number of aryl methyl sites for hydroxylation is 2. The topological polar surface area (TPSA) is 58.6 Å². The van der Waals surface area contributed by atoms with Crippen LogP contribution in [0.1, 0.15) is 49.3 Å². The van der Waals surface area contributed by atoms with E-state index in [4.69, 9.17) is 4.74 Å². The predicted molar refractivity (Wildman–Crippen MR) is 116 cm³/mol. The van der Waals surface area contributed by atoms with Crippen molar-refractivity contribution in [3.05, 3.63) is 64.9 Å². The lowest BCUT2D eigenvalue weighted by atomic mass is 9.79. The minimum Gasteiger partial charge on any atom is -0.509 e. The Morgan fingerprint density at radius 1 is 1.07 bits per heavy atom. The SMILES string of the molecule is CCOC1CCC2(CC1)NC(=O)C(c1cc(-c3ccccc3)c(C)cc1C)=C2O. The number of amides is 1. The first kappa shape index (κ1) is 19.7. The highest BCUT2D eigenvalue weighted by molar-refractivity contribution is 6.23. The molecule has 152 valence electrons. The van der Waals surface area contributed by atoms with E-state index in [1.165, 1.54) is 0 Å². The molecule has 1 aliphatic carbocycles. The zero-order valence-corrected chi connectivity index (χ0v) is 17.4. The van der Waals surface area contributed by atoms with E-state index in [1.807, 2.05) is 32.0 Å². The maximum atomic E-state index is 13.0. The maximum Gasteiger partial charge on any atom is 0.256 e. The van der Waals surface area contributed by atoms with Gasteiger partial charge in [-0.15, -0.1) is 0 Å². The van der Waals surface area contributed by atoms with Crippen LogP contribution < -0.4 is 5.32 Å². The Morgan fingerprint density at radius 3 is 2.38 bits per heavy atom. The Labute approximate surface area is 172 Å². The molecular formula is C25H29NO3. The smallest absolute Gasteiger partial charge is 0.256 e. The summed E-state index contributed by atoms with van der Waals surface area (Å²) in [5.74, 6) is 0.0201. The average molecular weight is 392 g/mol. The number of aliphatic hydroxyl groups excluding tert-OH is 1. The first-order valence-corrected chi connectivity index (χ1v) is 10.5. The summed E-state index contributed by atoms with van der Waals surface area (Å²) < 4.78 is 5.75. The first-order valence-electron chi connectivity index (χ1n) is 10.5. The summed E-state index contributed by atoms with van der Waals surface area (Å²) in [6.45, 7) is 6.78. The van der Waals surface area contributed by atoms with Gasteiger partial charge in [0.25, 0.3) is 5.91 Å². The molecule has 0 atom stereocenters. The van der Waals surface area contributed by atoms with Crippen LogP contribution in [0.2, 0.25) is 0 Å². The van der Waals surface area contributed by atoms with Gasteiger partial charge in [0.1, 0.15) is 5.76 Å². The predicted octanol–water partition coefficient (Wildman–Crippen LogP) is 5.09. The second kappa shape index (κ2) is 7.68. The highest BCUT2D eigenvalue weighted by Gasteiger charge is 2.48. The van der Waals surface area contributed by atoms with Gasteiger partial charge in [0.15, 0.2) is 0 Å². The quantitative estimate of drug-likeness (QED) is 0.763. The van der Waals surface area contributed by atoms with Crippen LogP contribution in [-0.2, 0) is 9.53 Å². The fraction of sp³-hybridized carbons (Fsp3) is 0.400. The molecule has 2 aromatic rings. The third kappa shape index (κ3) is 3.46. The Morgan fingerprint density at radius 2 is 1.72 bits per heavy atom. The number of carbonyl (C=O) groups is 1. The van der Waals surface area contributed by atoms with E-state index in [-0.39, 0.29) is 17.8 Å². The molecule has 0 aromatic heterocycles. The molecule has 1 saturated carbocycles. The lowest BCUT2D eigenvalue weighted by Crippen LogP contribution is -2.48. The fourth-order valence-electron chi connectivity index (χ4n) is 4.83. The molecule has 1 aliphatic heterocycles. The van der Waals surface area contributed by atoms with Crippen molar-refractivity contribution in [3.8, 4) is 11.1 Å². The largest absolute Gasteiger partial charge is 0.509 e. The van der Waals surface area contributed by atoms with E-state index in [1.54, 1.807) is 0 Å². The van der Waals surface area contributed by atoms with Crippen molar-refractivity contribution in [2.24, 2.45) is 0 Å². The lowest BCUT2D eigenvalue weighted by molar-refractivity contribution is -0.116. The Kier molecular flexibility index (Phi) is 5.22. The summed E-state index contributed by atoms with van der Waals surface area (Å²) in [6, 6.07) is 14.3. The van der Waals surface area contributed by atoms with Crippen LogP contribution in [0.4, 0.5) is 0 Å². The molecule has 0 bridgehead atoms. The van der Waals surface area contributed by atoms with Crippen LogP contribution in [-0.4, -0.2) is 29.3 Å². The van der Waals surface area contributed by atoms with Crippen LogP contribution in [0.3, 0.4) is 0 Å². The van der Waals surface area contributed by atoms with Crippen molar-refractivity contribution in [3.63, 3.8) is 0 Å². The molecule has 0 unspecified atom stereocenters. The van der Waals surface area contributed by atoms with Crippen LogP contribution in [0.25, 0.3) is 16.7 Å². The summed E-state index contributed by atoms with van der Waals surface area (Å²) >= 11 is 0.